The van der Waals surface area contributed by atoms with Crippen molar-refractivity contribution in [1.29, 1.82) is 0 Å². The number of hydrogen-bond acceptors (Lipinski definition) is 30. The highest BCUT2D eigenvalue weighted by Gasteiger charge is 2.42. The van der Waals surface area contributed by atoms with Gasteiger partial charge in [-0.2, -0.15) is 29.9 Å². The van der Waals surface area contributed by atoms with Gasteiger partial charge in [-0.3, -0.25) is 28.8 Å². The smallest absolute Gasteiger partial charge is 0.264 e. The minimum Gasteiger partial charge on any atom is -0.472 e. The number of aryl methyl sites for hydroxylation is 2. The lowest BCUT2D eigenvalue weighted by Crippen LogP contribution is -2.30. The molecule has 6 amide bonds. The van der Waals surface area contributed by atoms with E-state index in [-0.39, 0.29) is 71.7 Å². The van der Waals surface area contributed by atoms with Crippen LogP contribution in [0.5, 0.6) is 0 Å². The van der Waals surface area contributed by atoms with Gasteiger partial charge in [0.05, 0.1) is 50.1 Å². The molecule has 6 atom stereocenters. The zero-order chi connectivity index (χ0) is 97.4. The molecule has 0 radical (unpaired) electrons. The first kappa shape index (κ1) is 95.4. The Bertz CT molecular complexity index is 6810. The predicted octanol–water partition coefficient (Wildman–Crippen LogP) is 23.2. The maximum absolute atomic E-state index is 12.7. The number of amides is 6. The number of nitrogens with zero attached hydrogens (tertiary/aromatic N) is 18. The molecule has 33 nitrogen and oxygen atoms in total. The summed E-state index contributed by atoms with van der Waals surface area (Å²) in [6, 6.07) is 65.0. The first-order valence-corrected chi connectivity index (χ1v) is 49.8. The highest BCUT2D eigenvalue weighted by atomic mass is 35.5. The van der Waals surface area contributed by atoms with Gasteiger partial charge in [0, 0.05) is 82.7 Å². The molecule has 0 N–H and O–H groups in total. The molecule has 0 unspecified atom stereocenters. The van der Waals surface area contributed by atoms with Crippen molar-refractivity contribution in [1.82, 2.24) is 90.2 Å². The van der Waals surface area contributed by atoms with Gasteiger partial charge in [0.1, 0.15) is 55.0 Å². The summed E-state index contributed by atoms with van der Waals surface area (Å²) in [4.78, 5) is 116. The number of hydrogen-bond donors (Lipinski definition) is 0. The largest absolute Gasteiger partial charge is 0.472 e. The maximum Gasteiger partial charge on any atom is 0.264 e. The topological polar surface area (TPSA) is 395 Å². The Morgan fingerprint density at radius 3 is 0.796 bits per heavy atom. The molecule has 12 aromatic heterocycles. The van der Waals surface area contributed by atoms with Gasteiger partial charge in [0.25, 0.3) is 35.4 Å². The molecule has 0 spiro atoms. The molecular formula is C104H92Cl2N18O15S3. The third-order valence-corrected chi connectivity index (χ3v) is 28.0. The molecule has 142 heavy (non-hydrogen) atoms. The minimum atomic E-state index is -0.215. The standard InChI is InChI=1S/C18H17N3O3.C18H17N3O2S.C17H14ClN3O3.C17H14ClN3O2S.C17H15N3O3.C17H15N3O2S/c1-12-5-2-3-6-14(12)16-19-17(24-20-16)15-7-4-9-21(15)18(22)13-8-10-23-11-13;1-12-6-2-3-7-13(12)16-19-17(23-20-16)14-8-4-10-21(14)18(22)15-9-5-11-24-15;18-13-4-1-3-11(9-13)15-19-16(24-20-15)14-5-2-7-21(14)17(22)12-6-8-23-10-12;18-12-5-1-4-11(10-12)15-19-16(23-20-15)13-6-2-8-21(13)17(22)14-7-3-9-24-14;21-17(13-8-10-22-11-13)20-9-4-7-14(20)16-18-15(19-23-16)12-5-2-1-3-6-12;21-17(14-9-5-11-23-14)20-10-4-8-13(20)16-18-15(19-22-16)12-6-2-1-3-7-12/h2-3,5-6,8,10-11,15H,4,7,9H2,1H3;2-3,5-7,9,11,14H,4,8,10H2,1H3;1,3-4,6,8-10,14H,2,5,7H2;1,3-5,7,9-10,13H,2,6,8H2;1-3,5-6,8,10-11,14H,4,7,9H2;1-3,5-7,9,11,13H,4,8,10H2/t15-;2*14-;13-;14-;13-/m000000/s1. The second-order valence-electron chi connectivity index (χ2n) is 34.0. The number of likely N-dealkylation sites (tertiary alicyclic amines) is 6. The normalized spacial score (nSPS) is 17.4. The summed E-state index contributed by atoms with van der Waals surface area (Å²) in [6.07, 6.45) is 19.4. The Morgan fingerprint density at radius 1 is 0.282 bits per heavy atom. The van der Waals surface area contributed by atoms with Crippen LogP contribution in [0.2, 0.25) is 10.0 Å². The molecule has 18 aromatic rings. The Labute approximate surface area is 835 Å². The SMILES string of the molecule is Cc1ccccc1-c1noc([C@@H]2CCCN2C(=O)c2cccs2)n1.Cc1ccccc1-c1noc([C@@H]2CCCN2C(=O)c2ccoc2)n1.O=C(c1cccs1)N1CCC[C@H]1c1nc(-c2cccc(Cl)c2)no1.O=C(c1cccs1)N1CCC[C@H]1c1nc(-c2ccccc2)no1.O=C(c1ccoc1)N1CCC[C@H]1c1nc(-c2cccc(Cl)c2)no1.O=C(c1ccoc1)N1CCC[C@H]1c1nc(-c2ccccc2)no1. The van der Waals surface area contributed by atoms with E-state index in [4.69, 9.17) is 63.6 Å². The maximum atomic E-state index is 12.7. The highest BCUT2D eigenvalue weighted by molar-refractivity contribution is 7.12. The van der Waals surface area contributed by atoms with Crippen LogP contribution < -0.4 is 0 Å². The van der Waals surface area contributed by atoms with Crippen LogP contribution in [0.4, 0.5) is 0 Å². The van der Waals surface area contributed by atoms with Crippen molar-refractivity contribution in [3.05, 3.63) is 354 Å². The third kappa shape index (κ3) is 21.9. The molecule has 720 valence electrons. The van der Waals surface area contributed by atoms with E-state index >= 15 is 0 Å². The summed E-state index contributed by atoms with van der Waals surface area (Å²) in [5.74, 6) is 6.03. The summed E-state index contributed by atoms with van der Waals surface area (Å²) in [5.41, 5.74) is 9.08. The van der Waals surface area contributed by atoms with Gasteiger partial charge in [0.2, 0.25) is 70.3 Å². The Kier molecular flexibility index (Phi) is 30.1. The average molecular weight is 2000 g/mol. The van der Waals surface area contributed by atoms with Gasteiger partial charge >= 0.3 is 0 Å². The van der Waals surface area contributed by atoms with Crippen molar-refractivity contribution in [3.63, 3.8) is 0 Å². The molecular weight excluding hydrogens is 1910 g/mol. The zero-order valence-electron chi connectivity index (χ0n) is 76.7. The fraction of sp³-hybridized carbons (Fsp3) is 0.250. The number of halogens is 2. The molecule has 38 heteroatoms. The number of carbonyl (C=O) groups excluding carboxylic acids is 6. The molecule has 18 heterocycles. The summed E-state index contributed by atoms with van der Waals surface area (Å²) in [5, 5.41) is 31.4. The predicted molar refractivity (Wildman–Crippen MR) is 525 cm³/mol. The van der Waals surface area contributed by atoms with Crippen molar-refractivity contribution in [2.75, 3.05) is 39.3 Å². The van der Waals surface area contributed by atoms with E-state index < -0.39 is 0 Å². The summed E-state index contributed by atoms with van der Waals surface area (Å²) in [7, 11) is 0. The van der Waals surface area contributed by atoms with E-state index in [1.807, 2.05) is 215 Å². The lowest BCUT2D eigenvalue weighted by atomic mass is 10.1. The number of furan rings is 3. The van der Waals surface area contributed by atoms with E-state index in [0.29, 0.717) is 123 Å². The molecule has 0 aliphatic carbocycles. The van der Waals surface area contributed by atoms with Gasteiger partial charge in [-0.05, 0) is 179 Å². The fourth-order valence-electron chi connectivity index (χ4n) is 17.9. The molecule has 6 aliphatic rings. The van der Waals surface area contributed by atoms with Gasteiger partial charge in [-0.15, -0.1) is 34.0 Å². The average Bonchev–Trinajstić information content (AvgIpc) is 1.68. The van der Waals surface area contributed by atoms with Crippen molar-refractivity contribution in [2.45, 2.75) is 127 Å². The van der Waals surface area contributed by atoms with E-state index in [9.17, 15) is 28.8 Å². The van der Waals surface area contributed by atoms with E-state index in [2.05, 4.69) is 60.8 Å². The Hall–Kier alpha value is -15.5. The molecule has 0 saturated carbocycles. The van der Waals surface area contributed by atoms with Crippen LogP contribution in [-0.2, 0) is 0 Å². The van der Waals surface area contributed by atoms with Gasteiger partial charge in [-0.1, -0.05) is 206 Å². The number of carbonyl (C=O) groups is 6. The van der Waals surface area contributed by atoms with E-state index in [1.54, 1.807) is 57.2 Å². The number of benzene rings is 6. The molecule has 0 bridgehead atoms. The molecule has 6 saturated heterocycles. The van der Waals surface area contributed by atoms with Crippen LogP contribution in [0.15, 0.2) is 306 Å². The van der Waals surface area contributed by atoms with E-state index in [1.165, 1.54) is 71.6 Å². The molecule has 6 fully saturated rings. The van der Waals surface area contributed by atoms with Gasteiger partial charge < -0.3 is 69.8 Å². The minimum absolute atomic E-state index is 0.0232. The highest BCUT2D eigenvalue weighted by Crippen LogP contribution is 2.42. The second-order valence-corrected chi connectivity index (χ2v) is 37.7. The first-order chi connectivity index (χ1) is 69.6. The van der Waals surface area contributed by atoms with Crippen LogP contribution in [0.3, 0.4) is 0 Å². The van der Waals surface area contributed by atoms with Crippen LogP contribution in [0.1, 0.15) is 220 Å². The van der Waals surface area contributed by atoms with E-state index in [0.717, 1.165) is 149 Å². The second kappa shape index (κ2) is 44.7. The molecule has 6 aliphatic heterocycles. The van der Waals surface area contributed by atoms with Crippen molar-refractivity contribution < 1.29 is 69.2 Å². The molecule has 6 aromatic carbocycles. The lowest BCUT2D eigenvalue weighted by molar-refractivity contribution is 0.0702. The summed E-state index contributed by atoms with van der Waals surface area (Å²) >= 11 is 16.4. The Balaban J connectivity index is 0.000000108. The zero-order valence-corrected chi connectivity index (χ0v) is 80.7. The van der Waals surface area contributed by atoms with Gasteiger partial charge in [0.15, 0.2) is 0 Å². The lowest BCUT2D eigenvalue weighted by Gasteiger charge is -2.20. The number of rotatable bonds is 18. The quantitative estimate of drug-likeness (QED) is 0.0770. The first-order valence-electron chi connectivity index (χ1n) is 46.4. The fourth-order valence-corrected chi connectivity index (χ4v) is 20.3. The summed E-state index contributed by atoms with van der Waals surface area (Å²) < 4.78 is 47.7. The number of aromatic nitrogens is 12. The van der Waals surface area contributed by atoms with Crippen LogP contribution >= 0.6 is 57.2 Å². The summed E-state index contributed by atoms with van der Waals surface area (Å²) in [6.45, 7) is 8.20. The van der Waals surface area contributed by atoms with Crippen molar-refractivity contribution in [3.8, 4) is 68.3 Å². The van der Waals surface area contributed by atoms with Crippen molar-refractivity contribution in [2.24, 2.45) is 0 Å². The third-order valence-electron chi connectivity index (χ3n) is 24.9. The monoisotopic (exact) mass is 2000 g/mol. The van der Waals surface area contributed by atoms with Crippen LogP contribution in [0.25, 0.3) is 68.3 Å². The van der Waals surface area contributed by atoms with Crippen LogP contribution in [0, 0.1) is 13.8 Å². The van der Waals surface area contributed by atoms with Crippen molar-refractivity contribution >= 4 is 92.7 Å². The Morgan fingerprint density at radius 2 is 0.535 bits per heavy atom. The van der Waals surface area contributed by atoms with Gasteiger partial charge in [-0.25, -0.2) is 0 Å². The molecule has 24 rings (SSSR count). The van der Waals surface area contributed by atoms with Crippen LogP contribution in [-0.4, -0.2) is 165 Å². The number of thiophene rings is 3.